The molecule has 0 fully saturated rings. The van der Waals surface area contributed by atoms with Crippen molar-refractivity contribution in [3.8, 4) is 0 Å². The van der Waals surface area contributed by atoms with Gasteiger partial charge in [0.2, 0.25) is 0 Å². The zero-order valence-electron chi connectivity index (χ0n) is 12.5. The standard InChI is InChI=1S/C15H24N2O3/c1-12-5-6-13(14(11-12)16-2)15(18)17-7-4-8-20-10-9-19-3/h5-6,11,16H,4,7-10H2,1-3H3,(H,17,18). The lowest BCUT2D eigenvalue weighted by atomic mass is 10.1. The lowest BCUT2D eigenvalue weighted by molar-refractivity contribution is 0.0688. The van der Waals surface area contributed by atoms with E-state index >= 15 is 0 Å². The predicted molar refractivity (Wildman–Crippen MR) is 80.4 cm³/mol. The van der Waals surface area contributed by atoms with E-state index in [1.165, 1.54) is 0 Å². The monoisotopic (exact) mass is 280 g/mol. The van der Waals surface area contributed by atoms with Crippen molar-refractivity contribution >= 4 is 11.6 Å². The Balaban J connectivity index is 2.32. The summed E-state index contributed by atoms with van der Waals surface area (Å²) in [5, 5.41) is 5.94. The fourth-order valence-electron chi connectivity index (χ4n) is 1.78. The third-order valence-electron chi connectivity index (χ3n) is 2.87. The van der Waals surface area contributed by atoms with Crippen LogP contribution in [-0.4, -0.2) is 46.4 Å². The highest BCUT2D eigenvalue weighted by Crippen LogP contribution is 2.16. The summed E-state index contributed by atoms with van der Waals surface area (Å²) in [5.74, 6) is -0.0637. The summed E-state index contributed by atoms with van der Waals surface area (Å²) in [4.78, 5) is 12.1. The van der Waals surface area contributed by atoms with Crippen molar-refractivity contribution in [2.75, 3.05) is 45.8 Å². The molecule has 20 heavy (non-hydrogen) atoms. The summed E-state index contributed by atoms with van der Waals surface area (Å²) < 4.78 is 10.2. The van der Waals surface area contributed by atoms with E-state index in [0.717, 1.165) is 17.7 Å². The van der Waals surface area contributed by atoms with Crippen LogP contribution in [-0.2, 0) is 9.47 Å². The molecule has 5 nitrogen and oxygen atoms in total. The number of methoxy groups -OCH3 is 1. The average molecular weight is 280 g/mol. The second kappa shape index (κ2) is 9.34. The zero-order valence-corrected chi connectivity index (χ0v) is 12.5. The summed E-state index contributed by atoms with van der Waals surface area (Å²) in [6.45, 7) is 4.41. The number of hydrogen-bond donors (Lipinski definition) is 2. The van der Waals surface area contributed by atoms with Crippen LogP contribution in [0.3, 0.4) is 0 Å². The normalized spacial score (nSPS) is 10.3. The van der Waals surface area contributed by atoms with E-state index in [1.807, 2.05) is 32.2 Å². The SMILES string of the molecule is CNc1cc(C)ccc1C(=O)NCCCOCCOC. The molecule has 1 aromatic carbocycles. The molecule has 1 amide bonds. The van der Waals surface area contributed by atoms with Gasteiger partial charge < -0.3 is 20.1 Å². The molecule has 1 rings (SSSR count). The number of ether oxygens (including phenoxy) is 2. The zero-order chi connectivity index (χ0) is 14.8. The molecule has 0 aliphatic rings. The third kappa shape index (κ3) is 5.59. The van der Waals surface area contributed by atoms with Crippen LogP contribution in [0.25, 0.3) is 0 Å². The quantitative estimate of drug-likeness (QED) is 0.677. The van der Waals surface area contributed by atoms with Gasteiger partial charge in [0.25, 0.3) is 5.91 Å². The summed E-state index contributed by atoms with van der Waals surface area (Å²) in [6, 6.07) is 5.73. The highest BCUT2D eigenvalue weighted by molar-refractivity contribution is 5.99. The molecular formula is C15H24N2O3. The number of amides is 1. The first-order chi connectivity index (χ1) is 9.69. The second-order valence-electron chi connectivity index (χ2n) is 4.51. The summed E-state index contributed by atoms with van der Waals surface area (Å²) >= 11 is 0. The maximum absolute atomic E-state index is 12.1. The van der Waals surface area contributed by atoms with Crippen molar-refractivity contribution < 1.29 is 14.3 Å². The smallest absolute Gasteiger partial charge is 0.253 e. The first kappa shape index (κ1) is 16.5. The molecule has 0 bridgehead atoms. The number of carbonyl (C=O) groups excluding carboxylic acids is 1. The Labute approximate surface area is 120 Å². The summed E-state index contributed by atoms with van der Waals surface area (Å²) in [7, 11) is 3.46. The number of anilines is 1. The molecule has 0 aliphatic carbocycles. The van der Waals surface area contributed by atoms with Gasteiger partial charge in [-0.25, -0.2) is 0 Å². The summed E-state index contributed by atoms with van der Waals surface area (Å²) in [6.07, 6.45) is 0.788. The van der Waals surface area contributed by atoms with Gasteiger partial charge in [0.05, 0.1) is 18.8 Å². The Kier molecular flexibility index (Phi) is 7.69. The Bertz CT molecular complexity index is 422. The van der Waals surface area contributed by atoms with Gasteiger partial charge in [-0.15, -0.1) is 0 Å². The molecule has 0 spiro atoms. The van der Waals surface area contributed by atoms with Crippen LogP contribution in [0, 0.1) is 6.92 Å². The maximum atomic E-state index is 12.1. The Morgan fingerprint density at radius 3 is 2.75 bits per heavy atom. The third-order valence-corrected chi connectivity index (χ3v) is 2.87. The molecule has 0 radical (unpaired) electrons. The molecule has 5 heteroatoms. The number of benzene rings is 1. The fraction of sp³-hybridized carbons (Fsp3) is 0.533. The molecular weight excluding hydrogens is 256 g/mol. The Morgan fingerprint density at radius 1 is 1.25 bits per heavy atom. The van der Waals surface area contributed by atoms with E-state index in [4.69, 9.17) is 9.47 Å². The number of aryl methyl sites for hydroxylation is 1. The van der Waals surface area contributed by atoms with Crippen LogP contribution >= 0.6 is 0 Å². The number of hydrogen-bond acceptors (Lipinski definition) is 4. The van der Waals surface area contributed by atoms with Gasteiger partial charge in [0.1, 0.15) is 0 Å². The minimum absolute atomic E-state index is 0.0637. The molecule has 0 aliphatic heterocycles. The van der Waals surface area contributed by atoms with E-state index in [2.05, 4.69) is 10.6 Å². The van der Waals surface area contributed by atoms with Crippen LogP contribution in [0.4, 0.5) is 5.69 Å². The average Bonchev–Trinajstić information content (AvgIpc) is 2.45. The van der Waals surface area contributed by atoms with E-state index in [9.17, 15) is 4.79 Å². The van der Waals surface area contributed by atoms with Crippen molar-refractivity contribution in [2.24, 2.45) is 0 Å². The van der Waals surface area contributed by atoms with Gasteiger partial charge in [0, 0.05) is 33.0 Å². The second-order valence-corrected chi connectivity index (χ2v) is 4.51. The number of nitrogens with one attached hydrogen (secondary N) is 2. The van der Waals surface area contributed by atoms with Crippen LogP contribution in [0.2, 0.25) is 0 Å². The van der Waals surface area contributed by atoms with Crippen LogP contribution in [0.5, 0.6) is 0 Å². The number of carbonyl (C=O) groups is 1. The van der Waals surface area contributed by atoms with Gasteiger partial charge >= 0.3 is 0 Å². The van der Waals surface area contributed by atoms with Crippen molar-refractivity contribution in [1.29, 1.82) is 0 Å². The fourth-order valence-corrected chi connectivity index (χ4v) is 1.78. The van der Waals surface area contributed by atoms with Gasteiger partial charge in [-0.3, -0.25) is 4.79 Å². The lowest BCUT2D eigenvalue weighted by Gasteiger charge is -2.11. The minimum atomic E-state index is -0.0637. The highest BCUT2D eigenvalue weighted by Gasteiger charge is 2.09. The molecule has 0 saturated carbocycles. The van der Waals surface area contributed by atoms with Crippen molar-refractivity contribution in [2.45, 2.75) is 13.3 Å². The van der Waals surface area contributed by atoms with Crippen LogP contribution in [0.1, 0.15) is 22.3 Å². The first-order valence-corrected chi connectivity index (χ1v) is 6.82. The molecule has 0 heterocycles. The topological polar surface area (TPSA) is 59.6 Å². The van der Waals surface area contributed by atoms with E-state index in [-0.39, 0.29) is 5.91 Å². The Hall–Kier alpha value is -1.59. The lowest BCUT2D eigenvalue weighted by Crippen LogP contribution is -2.26. The largest absolute Gasteiger partial charge is 0.387 e. The summed E-state index contributed by atoms with van der Waals surface area (Å²) in [5.41, 5.74) is 2.63. The minimum Gasteiger partial charge on any atom is -0.387 e. The van der Waals surface area contributed by atoms with Crippen LogP contribution < -0.4 is 10.6 Å². The maximum Gasteiger partial charge on any atom is 0.253 e. The number of rotatable bonds is 9. The van der Waals surface area contributed by atoms with E-state index in [0.29, 0.717) is 31.9 Å². The van der Waals surface area contributed by atoms with Crippen LogP contribution in [0.15, 0.2) is 18.2 Å². The molecule has 2 N–H and O–H groups in total. The van der Waals surface area contributed by atoms with E-state index in [1.54, 1.807) is 7.11 Å². The Morgan fingerprint density at radius 2 is 2.05 bits per heavy atom. The molecule has 1 aromatic rings. The van der Waals surface area contributed by atoms with Gasteiger partial charge in [-0.2, -0.15) is 0 Å². The van der Waals surface area contributed by atoms with E-state index < -0.39 is 0 Å². The van der Waals surface area contributed by atoms with Gasteiger partial charge in [-0.05, 0) is 31.0 Å². The molecule has 112 valence electrons. The van der Waals surface area contributed by atoms with Crippen molar-refractivity contribution in [3.05, 3.63) is 29.3 Å². The molecule has 0 saturated heterocycles. The highest BCUT2D eigenvalue weighted by atomic mass is 16.5. The molecule has 0 atom stereocenters. The predicted octanol–water partition coefficient (Wildman–Crippen LogP) is 1.82. The molecule has 0 aromatic heterocycles. The van der Waals surface area contributed by atoms with Crippen molar-refractivity contribution in [3.63, 3.8) is 0 Å². The van der Waals surface area contributed by atoms with Gasteiger partial charge in [-0.1, -0.05) is 6.07 Å². The molecule has 0 unspecified atom stereocenters. The first-order valence-electron chi connectivity index (χ1n) is 6.82. The van der Waals surface area contributed by atoms with Gasteiger partial charge in [0.15, 0.2) is 0 Å². The van der Waals surface area contributed by atoms with Crippen molar-refractivity contribution in [1.82, 2.24) is 5.32 Å².